The van der Waals surface area contributed by atoms with Crippen LogP contribution in [0.5, 0.6) is 0 Å². The summed E-state index contributed by atoms with van der Waals surface area (Å²) in [5, 5.41) is 0. The smallest absolute Gasteiger partial charge is 0.159 e. The Morgan fingerprint density at radius 3 is 2.07 bits per heavy atom. The molecule has 1 heterocycles. The number of hydrogen-bond donors (Lipinski definition) is 0. The van der Waals surface area contributed by atoms with Gasteiger partial charge >= 0.3 is 0 Å². The number of nitrogens with zero attached hydrogens (tertiary/aromatic N) is 2. The molecule has 2 aromatic rings. The van der Waals surface area contributed by atoms with E-state index in [9.17, 15) is 0 Å². The molecule has 3 saturated carbocycles. The minimum absolute atomic E-state index is 0.438. The normalized spacial score (nSPS) is 27.0. The summed E-state index contributed by atoms with van der Waals surface area (Å²) in [7, 11) is 0. The number of unbranched alkanes of at least 4 members (excludes halogenated alkanes) is 4. The lowest BCUT2D eigenvalue weighted by Gasteiger charge is -2.54. The quantitative estimate of drug-likeness (QED) is 0.478. The molecule has 0 unspecified atom stereocenters. The molecular weight excluding hydrogens is 328 g/mol. The average molecular weight is 362 g/mol. The van der Waals surface area contributed by atoms with E-state index >= 15 is 0 Å². The Hall–Kier alpha value is -1.70. The summed E-state index contributed by atoms with van der Waals surface area (Å²) >= 11 is 0. The topological polar surface area (TPSA) is 25.8 Å². The number of benzene rings is 1. The molecule has 0 N–H and O–H groups in total. The van der Waals surface area contributed by atoms with Crippen molar-refractivity contribution in [2.45, 2.75) is 89.4 Å². The lowest BCUT2D eigenvalue weighted by atomic mass is 9.51. The third-order valence-corrected chi connectivity index (χ3v) is 7.49. The van der Waals surface area contributed by atoms with Crippen molar-refractivity contribution in [2.24, 2.45) is 5.41 Å². The molecule has 5 rings (SSSR count). The van der Waals surface area contributed by atoms with Crippen LogP contribution in [0, 0.1) is 11.5 Å². The van der Waals surface area contributed by atoms with Gasteiger partial charge in [-0.25, -0.2) is 9.97 Å². The van der Waals surface area contributed by atoms with Crippen LogP contribution in [0.15, 0.2) is 36.7 Å². The zero-order chi connectivity index (χ0) is 18.6. The minimum atomic E-state index is 0.438. The van der Waals surface area contributed by atoms with Gasteiger partial charge in [0.1, 0.15) is 0 Å². The van der Waals surface area contributed by atoms with Gasteiger partial charge in [0.05, 0.1) is 0 Å². The van der Waals surface area contributed by atoms with Crippen molar-refractivity contribution in [3.05, 3.63) is 48.3 Å². The predicted molar refractivity (Wildman–Crippen MR) is 111 cm³/mol. The monoisotopic (exact) mass is 361 g/mol. The molecule has 0 aliphatic heterocycles. The first-order valence-corrected chi connectivity index (χ1v) is 11.0. The Labute approximate surface area is 164 Å². The number of aromatic nitrogens is 2. The molecule has 3 fully saturated rings. The van der Waals surface area contributed by atoms with Crippen LogP contribution in [0.1, 0.15) is 89.5 Å². The van der Waals surface area contributed by atoms with Gasteiger partial charge in [-0.1, -0.05) is 63.3 Å². The second-order valence-corrected chi connectivity index (χ2v) is 9.03. The van der Waals surface area contributed by atoms with Crippen LogP contribution in [-0.4, -0.2) is 9.97 Å². The third-order valence-electron chi connectivity index (χ3n) is 7.49. The van der Waals surface area contributed by atoms with Gasteiger partial charge < -0.3 is 0 Å². The molecule has 0 amide bonds. The summed E-state index contributed by atoms with van der Waals surface area (Å²) in [6.45, 7) is 2.30. The van der Waals surface area contributed by atoms with Crippen molar-refractivity contribution < 1.29 is 0 Å². The van der Waals surface area contributed by atoms with Gasteiger partial charge in [-0.15, -0.1) is 0 Å². The first-order valence-electron chi connectivity index (χ1n) is 11.0. The molecule has 2 nitrogen and oxygen atoms in total. The van der Waals surface area contributed by atoms with Crippen LogP contribution in [0.3, 0.4) is 0 Å². The Balaban J connectivity index is 1.38. The second-order valence-electron chi connectivity index (χ2n) is 9.03. The van der Waals surface area contributed by atoms with Crippen LogP contribution >= 0.6 is 0 Å². The Bertz CT molecular complexity index is 695. The van der Waals surface area contributed by atoms with Crippen molar-refractivity contribution in [2.75, 3.05) is 0 Å². The maximum atomic E-state index is 4.33. The molecule has 1 aromatic carbocycles. The van der Waals surface area contributed by atoms with Gasteiger partial charge in [0.25, 0.3) is 0 Å². The predicted octanol–water partition coefficient (Wildman–Crippen LogP) is 6.90. The average Bonchev–Trinajstić information content (AvgIpc) is 2.76. The maximum absolute atomic E-state index is 4.33. The van der Waals surface area contributed by atoms with E-state index in [2.05, 4.69) is 47.2 Å². The van der Waals surface area contributed by atoms with Crippen LogP contribution < -0.4 is 0 Å². The fraction of sp³-hybridized carbons (Fsp3) is 0.600. The molecule has 3 aliphatic carbocycles. The lowest BCUT2D eigenvalue weighted by molar-refractivity contribution is 0.0304. The molecule has 143 valence electrons. The van der Waals surface area contributed by atoms with Gasteiger partial charge in [0, 0.05) is 24.0 Å². The molecule has 1 radical (unpaired) electrons. The van der Waals surface area contributed by atoms with Gasteiger partial charge in [0.15, 0.2) is 5.82 Å². The van der Waals surface area contributed by atoms with Crippen molar-refractivity contribution in [1.29, 1.82) is 0 Å². The number of fused-ring (bicyclic) bond motifs is 3. The summed E-state index contributed by atoms with van der Waals surface area (Å²) in [4.78, 5) is 8.65. The van der Waals surface area contributed by atoms with E-state index in [0.29, 0.717) is 10.8 Å². The molecule has 2 bridgehead atoms. The first-order chi connectivity index (χ1) is 13.3. The van der Waals surface area contributed by atoms with E-state index in [1.165, 1.54) is 77.0 Å². The SMILES string of the molecule is CCCCCCCC12CCC(c3ccc(-c4nc[c]cn4)cc3)(CC1)CC2. The summed E-state index contributed by atoms with van der Waals surface area (Å²) in [5.74, 6) is 0.798. The van der Waals surface area contributed by atoms with Crippen molar-refractivity contribution >= 4 is 0 Å². The molecule has 1 aromatic heterocycles. The summed E-state index contributed by atoms with van der Waals surface area (Å²) < 4.78 is 0. The highest BCUT2D eigenvalue weighted by molar-refractivity contribution is 5.55. The summed E-state index contributed by atoms with van der Waals surface area (Å²) in [6.07, 6.45) is 20.5. The fourth-order valence-corrected chi connectivity index (χ4v) is 5.56. The number of rotatable bonds is 8. The number of hydrogen-bond acceptors (Lipinski definition) is 2. The molecule has 2 heteroatoms. The van der Waals surface area contributed by atoms with Crippen molar-refractivity contribution in [1.82, 2.24) is 9.97 Å². The molecule has 0 atom stereocenters. The van der Waals surface area contributed by atoms with Crippen molar-refractivity contribution in [3.63, 3.8) is 0 Å². The molecule has 3 aliphatic rings. The molecule has 0 saturated heterocycles. The van der Waals surface area contributed by atoms with E-state index in [4.69, 9.17) is 0 Å². The third kappa shape index (κ3) is 3.95. The van der Waals surface area contributed by atoms with E-state index in [1.807, 2.05) is 0 Å². The highest BCUT2D eigenvalue weighted by Crippen LogP contribution is 2.59. The van der Waals surface area contributed by atoms with Crippen LogP contribution in [0.25, 0.3) is 11.4 Å². The van der Waals surface area contributed by atoms with Crippen molar-refractivity contribution in [3.8, 4) is 11.4 Å². The largest absolute Gasteiger partial charge is 0.236 e. The van der Waals surface area contributed by atoms with Gasteiger partial charge in [-0.3, -0.25) is 0 Å². The minimum Gasteiger partial charge on any atom is -0.236 e. The fourth-order valence-electron chi connectivity index (χ4n) is 5.56. The molecule has 27 heavy (non-hydrogen) atoms. The highest BCUT2D eigenvalue weighted by atomic mass is 14.8. The van der Waals surface area contributed by atoms with Gasteiger partial charge in [0.2, 0.25) is 0 Å². The zero-order valence-electron chi connectivity index (χ0n) is 16.8. The van der Waals surface area contributed by atoms with Gasteiger partial charge in [-0.2, -0.15) is 0 Å². The van der Waals surface area contributed by atoms with Crippen LogP contribution in [-0.2, 0) is 5.41 Å². The van der Waals surface area contributed by atoms with Crippen LogP contribution in [0.4, 0.5) is 0 Å². The van der Waals surface area contributed by atoms with E-state index in [-0.39, 0.29) is 0 Å². The Morgan fingerprint density at radius 2 is 1.44 bits per heavy atom. The lowest BCUT2D eigenvalue weighted by Crippen LogP contribution is -2.44. The molecular formula is C25H33N2. The Morgan fingerprint density at radius 1 is 0.815 bits per heavy atom. The standard InChI is InChI=1S/C25H33N2/c1-2-3-4-5-6-12-24-13-16-25(17-14-24,18-15-24)22-10-8-21(9-11-22)23-26-19-7-20-27-23/h8-11,19-20H,2-6,12-18H2,1H3. The second kappa shape index (κ2) is 8.12. The van der Waals surface area contributed by atoms with E-state index in [1.54, 1.807) is 18.0 Å². The first kappa shape index (κ1) is 18.7. The van der Waals surface area contributed by atoms with Crippen LogP contribution in [0.2, 0.25) is 0 Å². The maximum Gasteiger partial charge on any atom is 0.159 e. The summed E-state index contributed by atoms with van der Waals surface area (Å²) in [5.41, 5.74) is 3.78. The zero-order valence-corrected chi connectivity index (χ0v) is 16.8. The van der Waals surface area contributed by atoms with E-state index < -0.39 is 0 Å². The van der Waals surface area contributed by atoms with Gasteiger partial charge in [-0.05, 0) is 61.3 Å². The summed E-state index contributed by atoms with van der Waals surface area (Å²) in [6, 6.07) is 12.0. The molecule has 0 spiro atoms. The highest BCUT2D eigenvalue weighted by Gasteiger charge is 2.48. The Kier molecular flexibility index (Phi) is 5.61. The van der Waals surface area contributed by atoms with E-state index in [0.717, 1.165) is 11.4 Å².